The molecule has 2 nitrogen and oxygen atoms in total. The molecule has 76 valence electrons. The van der Waals surface area contributed by atoms with E-state index in [9.17, 15) is 0 Å². The van der Waals surface area contributed by atoms with E-state index < -0.39 is 0 Å². The molecule has 0 aliphatic carbocycles. The Morgan fingerprint density at radius 2 is 2.13 bits per heavy atom. The average Bonchev–Trinajstić information content (AvgIpc) is 2.43. The number of rotatable bonds is 1. The zero-order chi connectivity index (χ0) is 10.7. The highest BCUT2D eigenvalue weighted by molar-refractivity contribution is 5.81. The van der Waals surface area contributed by atoms with Crippen LogP contribution < -0.4 is 0 Å². The van der Waals surface area contributed by atoms with E-state index in [0.29, 0.717) is 0 Å². The molecule has 0 saturated carbocycles. The van der Waals surface area contributed by atoms with Gasteiger partial charge in [0.25, 0.3) is 0 Å². The number of aryl methyl sites for hydroxylation is 1. The number of allylic oxidation sites excluding steroid dienone is 3. The van der Waals surface area contributed by atoms with Gasteiger partial charge in [0.2, 0.25) is 0 Å². The number of aromatic nitrogens is 1. The highest BCUT2D eigenvalue weighted by Gasteiger charge is 2.02. The van der Waals surface area contributed by atoms with E-state index in [2.05, 4.69) is 36.0 Å². The second-order valence-corrected chi connectivity index (χ2v) is 3.80. The fourth-order valence-electron chi connectivity index (χ4n) is 1.47. The summed E-state index contributed by atoms with van der Waals surface area (Å²) in [6, 6.07) is 4.05. The molecule has 0 fully saturated rings. The monoisotopic (exact) mass is 198 g/mol. The Bertz CT molecular complexity index is 453. The summed E-state index contributed by atoms with van der Waals surface area (Å²) in [5, 5.41) is 0. The minimum atomic E-state index is 0.949. The fourth-order valence-corrected chi connectivity index (χ4v) is 1.47. The Morgan fingerprint density at radius 1 is 1.27 bits per heavy atom. The Kier molecular flexibility index (Phi) is 2.77. The molecule has 1 aromatic heterocycles. The van der Waals surface area contributed by atoms with Gasteiger partial charge in [0.1, 0.15) is 0 Å². The molecule has 0 amide bonds. The van der Waals surface area contributed by atoms with Gasteiger partial charge in [0.15, 0.2) is 0 Å². The van der Waals surface area contributed by atoms with Crippen molar-refractivity contribution in [2.24, 2.45) is 4.99 Å². The van der Waals surface area contributed by atoms with Crippen LogP contribution in [-0.4, -0.2) is 11.2 Å². The Balaban J connectivity index is 2.33. The molecule has 0 N–H and O–H groups in total. The number of hydrogen-bond donors (Lipinski definition) is 0. The van der Waals surface area contributed by atoms with E-state index in [-0.39, 0.29) is 0 Å². The molecule has 2 rings (SSSR count). The quantitative estimate of drug-likeness (QED) is 0.680. The molecule has 2 heteroatoms. The third-order valence-electron chi connectivity index (χ3n) is 2.37. The van der Waals surface area contributed by atoms with E-state index >= 15 is 0 Å². The number of hydrogen-bond acceptors (Lipinski definition) is 2. The molecular weight excluding hydrogens is 184 g/mol. The van der Waals surface area contributed by atoms with Crippen molar-refractivity contribution in [2.45, 2.75) is 20.3 Å². The molecule has 0 atom stereocenters. The first-order chi connectivity index (χ1) is 7.25. The summed E-state index contributed by atoms with van der Waals surface area (Å²) in [5.41, 5.74) is 4.45. The third kappa shape index (κ3) is 2.40. The molecule has 0 bridgehead atoms. The van der Waals surface area contributed by atoms with Gasteiger partial charge >= 0.3 is 0 Å². The van der Waals surface area contributed by atoms with E-state index in [1.807, 2.05) is 24.6 Å². The van der Waals surface area contributed by atoms with Gasteiger partial charge in [-0.15, -0.1) is 0 Å². The average molecular weight is 198 g/mol. The molecule has 2 heterocycles. The highest BCUT2D eigenvalue weighted by atomic mass is 14.8. The molecule has 0 saturated heterocycles. The van der Waals surface area contributed by atoms with Crippen LogP contribution in [0.5, 0.6) is 0 Å². The van der Waals surface area contributed by atoms with Crippen molar-refractivity contribution >= 4 is 11.9 Å². The van der Waals surface area contributed by atoms with Gasteiger partial charge in [-0.25, -0.2) is 0 Å². The van der Waals surface area contributed by atoms with Gasteiger partial charge in [-0.1, -0.05) is 11.6 Å². The van der Waals surface area contributed by atoms with E-state index in [0.717, 1.165) is 17.8 Å². The maximum Gasteiger partial charge on any atom is 0.0885 e. The first-order valence-electron chi connectivity index (χ1n) is 5.09. The van der Waals surface area contributed by atoms with Crippen LogP contribution in [0.3, 0.4) is 0 Å². The van der Waals surface area contributed by atoms with Crippen LogP contribution in [-0.2, 0) is 0 Å². The Labute approximate surface area is 90.1 Å². The minimum absolute atomic E-state index is 0.949. The number of nitrogens with zero attached hydrogens (tertiary/aromatic N) is 2. The fraction of sp³-hybridized carbons (Fsp3) is 0.231. The molecule has 0 aromatic carbocycles. The molecule has 15 heavy (non-hydrogen) atoms. The van der Waals surface area contributed by atoms with Gasteiger partial charge in [0, 0.05) is 12.4 Å². The van der Waals surface area contributed by atoms with Crippen LogP contribution >= 0.6 is 0 Å². The molecule has 0 radical (unpaired) electrons. The zero-order valence-electron chi connectivity index (χ0n) is 9.07. The van der Waals surface area contributed by atoms with Crippen molar-refractivity contribution in [1.82, 2.24) is 4.98 Å². The summed E-state index contributed by atoms with van der Waals surface area (Å²) in [4.78, 5) is 8.71. The first-order valence-corrected chi connectivity index (χ1v) is 5.09. The molecule has 1 aliphatic heterocycles. The van der Waals surface area contributed by atoms with Crippen LogP contribution in [0, 0.1) is 6.92 Å². The largest absolute Gasteiger partial charge is 0.255 e. The highest BCUT2D eigenvalue weighted by Crippen LogP contribution is 2.18. The summed E-state index contributed by atoms with van der Waals surface area (Å²) in [6.45, 7) is 4.17. The van der Waals surface area contributed by atoms with E-state index in [4.69, 9.17) is 0 Å². The van der Waals surface area contributed by atoms with Crippen LogP contribution in [0.4, 0.5) is 0 Å². The van der Waals surface area contributed by atoms with E-state index in [1.165, 1.54) is 11.1 Å². The Morgan fingerprint density at radius 3 is 2.93 bits per heavy atom. The predicted octanol–water partition coefficient (Wildman–Crippen LogP) is 3.15. The van der Waals surface area contributed by atoms with E-state index in [1.54, 1.807) is 0 Å². The SMILES string of the molecule is CC1=CC=NC(c2cc(C)ccn2)=CC1. The minimum Gasteiger partial charge on any atom is -0.255 e. The van der Waals surface area contributed by atoms with Crippen molar-refractivity contribution in [3.05, 3.63) is 47.3 Å². The topological polar surface area (TPSA) is 25.2 Å². The van der Waals surface area contributed by atoms with Crippen molar-refractivity contribution in [1.29, 1.82) is 0 Å². The second-order valence-electron chi connectivity index (χ2n) is 3.80. The van der Waals surface area contributed by atoms with Crippen molar-refractivity contribution in [3.63, 3.8) is 0 Å². The van der Waals surface area contributed by atoms with Crippen LogP contribution in [0.15, 0.2) is 41.0 Å². The standard InChI is InChI=1S/C13H14N2/c1-10-3-4-12(14-7-5-10)13-9-11(2)6-8-15-13/h4-9H,3H2,1-2H3. The summed E-state index contributed by atoms with van der Waals surface area (Å²) < 4.78 is 0. The predicted molar refractivity (Wildman–Crippen MR) is 63.8 cm³/mol. The van der Waals surface area contributed by atoms with Gasteiger partial charge in [-0.3, -0.25) is 9.98 Å². The molecular formula is C13H14N2. The Hall–Kier alpha value is -1.70. The molecule has 0 unspecified atom stereocenters. The van der Waals surface area contributed by atoms with Gasteiger partial charge in [-0.2, -0.15) is 0 Å². The maximum atomic E-state index is 4.38. The van der Waals surface area contributed by atoms with Gasteiger partial charge < -0.3 is 0 Å². The third-order valence-corrected chi connectivity index (χ3v) is 2.37. The van der Waals surface area contributed by atoms with Gasteiger partial charge in [-0.05, 0) is 44.0 Å². The smallest absolute Gasteiger partial charge is 0.0885 e. The zero-order valence-corrected chi connectivity index (χ0v) is 9.07. The lowest BCUT2D eigenvalue weighted by Crippen LogP contribution is -1.87. The first kappa shape index (κ1) is 9.84. The van der Waals surface area contributed by atoms with Crippen molar-refractivity contribution in [3.8, 4) is 0 Å². The lowest BCUT2D eigenvalue weighted by atomic mass is 10.1. The normalized spacial score (nSPS) is 15.6. The van der Waals surface area contributed by atoms with Crippen LogP contribution in [0.1, 0.15) is 24.6 Å². The lowest BCUT2D eigenvalue weighted by Gasteiger charge is -2.01. The summed E-state index contributed by atoms with van der Waals surface area (Å²) in [5.74, 6) is 0. The summed E-state index contributed by atoms with van der Waals surface area (Å²) >= 11 is 0. The van der Waals surface area contributed by atoms with Crippen molar-refractivity contribution in [2.75, 3.05) is 0 Å². The maximum absolute atomic E-state index is 4.38. The van der Waals surface area contributed by atoms with Crippen LogP contribution in [0.25, 0.3) is 5.70 Å². The van der Waals surface area contributed by atoms with Crippen LogP contribution in [0.2, 0.25) is 0 Å². The summed E-state index contributed by atoms with van der Waals surface area (Å²) in [6.07, 6.45) is 8.78. The molecule has 1 aliphatic rings. The molecule has 1 aromatic rings. The van der Waals surface area contributed by atoms with Crippen molar-refractivity contribution < 1.29 is 0 Å². The number of pyridine rings is 1. The summed E-state index contributed by atoms with van der Waals surface area (Å²) in [7, 11) is 0. The second kappa shape index (κ2) is 4.22. The number of aliphatic imine (C=N–C) groups is 1. The lowest BCUT2D eigenvalue weighted by molar-refractivity contribution is 1.19. The molecule has 0 spiro atoms. The van der Waals surface area contributed by atoms with Gasteiger partial charge in [0.05, 0.1) is 11.4 Å².